The van der Waals surface area contributed by atoms with Gasteiger partial charge in [-0.2, -0.15) is 8.42 Å². The highest BCUT2D eigenvalue weighted by Gasteiger charge is 2.25. The summed E-state index contributed by atoms with van der Waals surface area (Å²) in [6.07, 6.45) is 1.14. The van der Waals surface area contributed by atoms with Crippen molar-refractivity contribution in [1.29, 1.82) is 0 Å². The second-order valence-electron chi connectivity index (χ2n) is 4.93. The molecule has 2 aromatic carbocycles. The molecule has 5 N–H and O–H groups in total. The van der Waals surface area contributed by atoms with Crippen molar-refractivity contribution < 1.29 is 13.0 Å². The van der Waals surface area contributed by atoms with Gasteiger partial charge < -0.3 is 11.5 Å². The van der Waals surface area contributed by atoms with Gasteiger partial charge in [0, 0.05) is 18.5 Å². The Kier molecular flexibility index (Phi) is 2.74. The zero-order chi connectivity index (χ0) is 14.5. The van der Waals surface area contributed by atoms with Crippen LogP contribution in [0, 0.1) is 0 Å². The van der Waals surface area contributed by atoms with Gasteiger partial charge >= 0.3 is 0 Å². The first-order chi connectivity index (χ1) is 9.38. The number of rotatable bonds is 1. The Balaban J connectivity index is 2.25. The Morgan fingerprint density at radius 1 is 1.00 bits per heavy atom. The molecule has 0 fully saturated rings. The average molecular weight is 290 g/mol. The summed E-state index contributed by atoms with van der Waals surface area (Å²) in [6.45, 7) is 0. The van der Waals surface area contributed by atoms with E-state index in [1.54, 1.807) is 0 Å². The van der Waals surface area contributed by atoms with Crippen LogP contribution in [0.1, 0.15) is 22.3 Å². The van der Waals surface area contributed by atoms with Crippen molar-refractivity contribution in [3.63, 3.8) is 0 Å². The lowest BCUT2D eigenvalue weighted by Crippen LogP contribution is -2.15. The number of nitrogen functional groups attached to an aromatic ring is 2. The zero-order valence-corrected chi connectivity index (χ0v) is 11.4. The van der Waals surface area contributed by atoms with Gasteiger partial charge in [-0.05, 0) is 28.3 Å². The van der Waals surface area contributed by atoms with Crippen LogP contribution in [0.3, 0.4) is 0 Å². The van der Waals surface area contributed by atoms with E-state index in [1.807, 2.05) is 24.3 Å². The van der Waals surface area contributed by atoms with E-state index in [-0.39, 0.29) is 10.6 Å². The molecule has 5 nitrogen and oxygen atoms in total. The molecule has 1 aliphatic rings. The summed E-state index contributed by atoms with van der Waals surface area (Å²) >= 11 is 0. The molecule has 104 valence electrons. The fourth-order valence-corrected chi connectivity index (χ4v) is 3.38. The van der Waals surface area contributed by atoms with Gasteiger partial charge in [-0.15, -0.1) is 0 Å². The van der Waals surface area contributed by atoms with E-state index in [0.29, 0.717) is 24.1 Å². The molecule has 0 aromatic heterocycles. The summed E-state index contributed by atoms with van der Waals surface area (Å²) in [7, 11) is -4.37. The SMILES string of the molecule is Nc1cc(S(=O)(=O)O)c(N)c2c1Cc1ccccc1C2. The third-order valence-corrected chi connectivity index (χ3v) is 4.61. The maximum absolute atomic E-state index is 11.4. The van der Waals surface area contributed by atoms with E-state index in [1.165, 1.54) is 6.07 Å². The maximum atomic E-state index is 11.4. The van der Waals surface area contributed by atoms with Crippen LogP contribution in [0.2, 0.25) is 0 Å². The summed E-state index contributed by atoms with van der Waals surface area (Å²) in [4.78, 5) is -0.312. The second-order valence-corrected chi connectivity index (χ2v) is 6.32. The fourth-order valence-electron chi connectivity index (χ4n) is 2.70. The molecule has 1 aliphatic carbocycles. The van der Waals surface area contributed by atoms with Crippen molar-refractivity contribution in [2.24, 2.45) is 0 Å². The van der Waals surface area contributed by atoms with Crippen molar-refractivity contribution in [2.75, 3.05) is 11.5 Å². The van der Waals surface area contributed by atoms with Crippen LogP contribution in [-0.2, 0) is 23.0 Å². The van der Waals surface area contributed by atoms with Gasteiger partial charge in [0.15, 0.2) is 0 Å². The highest BCUT2D eigenvalue weighted by Crippen LogP contribution is 2.37. The molecule has 0 aliphatic heterocycles. The number of hydrogen-bond acceptors (Lipinski definition) is 4. The molecular formula is C14H14N2O3S. The van der Waals surface area contributed by atoms with Crippen LogP contribution in [-0.4, -0.2) is 13.0 Å². The summed E-state index contributed by atoms with van der Waals surface area (Å²) in [5.74, 6) is 0. The Hall–Kier alpha value is -2.05. The zero-order valence-electron chi connectivity index (χ0n) is 10.6. The molecule has 0 atom stereocenters. The van der Waals surface area contributed by atoms with Crippen molar-refractivity contribution in [2.45, 2.75) is 17.7 Å². The molecule has 0 heterocycles. The standard InChI is InChI=1S/C14H14N2O3S/c15-12-7-13(20(17,18)19)14(16)11-6-9-4-2-1-3-8(9)5-10(11)12/h1-4,7H,5-6,15-16H2,(H,17,18,19). The van der Waals surface area contributed by atoms with Crippen molar-refractivity contribution in [3.05, 3.63) is 52.6 Å². The molecule has 20 heavy (non-hydrogen) atoms. The van der Waals surface area contributed by atoms with Crippen LogP contribution >= 0.6 is 0 Å². The summed E-state index contributed by atoms with van der Waals surface area (Å²) in [5.41, 5.74) is 16.1. The molecule has 0 bridgehead atoms. The molecule has 0 amide bonds. The minimum Gasteiger partial charge on any atom is -0.398 e. The highest BCUT2D eigenvalue weighted by molar-refractivity contribution is 7.86. The lowest BCUT2D eigenvalue weighted by molar-refractivity contribution is 0.483. The third-order valence-electron chi connectivity index (χ3n) is 3.72. The first kappa shape index (κ1) is 13.0. The predicted octanol–water partition coefficient (Wildman–Crippen LogP) is 1.59. The second kappa shape index (κ2) is 4.22. The highest BCUT2D eigenvalue weighted by atomic mass is 32.2. The van der Waals surface area contributed by atoms with Gasteiger partial charge in [0.25, 0.3) is 10.1 Å². The molecule has 0 spiro atoms. The Morgan fingerprint density at radius 3 is 2.10 bits per heavy atom. The van der Waals surface area contributed by atoms with Crippen LogP contribution in [0.5, 0.6) is 0 Å². The predicted molar refractivity (Wildman–Crippen MR) is 77.1 cm³/mol. The lowest BCUT2D eigenvalue weighted by Gasteiger charge is -2.23. The normalized spacial score (nSPS) is 13.7. The van der Waals surface area contributed by atoms with Crippen LogP contribution < -0.4 is 11.5 Å². The molecule has 2 aromatic rings. The minimum atomic E-state index is -4.37. The lowest BCUT2D eigenvalue weighted by atomic mass is 9.84. The number of benzene rings is 2. The third kappa shape index (κ3) is 1.93. The monoisotopic (exact) mass is 290 g/mol. The molecule has 0 unspecified atom stereocenters. The smallest absolute Gasteiger partial charge is 0.296 e. The molecular weight excluding hydrogens is 276 g/mol. The summed E-state index contributed by atoms with van der Waals surface area (Å²) < 4.78 is 31.9. The van der Waals surface area contributed by atoms with Gasteiger partial charge in [0.05, 0.1) is 5.69 Å². The van der Waals surface area contributed by atoms with Gasteiger partial charge in [0.2, 0.25) is 0 Å². The Labute approximate surface area is 117 Å². The van der Waals surface area contributed by atoms with Crippen molar-refractivity contribution in [1.82, 2.24) is 0 Å². The Morgan fingerprint density at radius 2 is 1.55 bits per heavy atom. The number of hydrogen-bond donors (Lipinski definition) is 3. The topological polar surface area (TPSA) is 106 Å². The first-order valence-electron chi connectivity index (χ1n) is 6.12. The molecule has 0 saturated heterocycles. The summed E-state index contributed by atoms with van der Waals surface area (Å²) in [5, 5.41) is 0. The van der Waals surface area contributed by atoms with Crippen LogP contribution in [0.15, 0.2) is 35.2 Å². The van der Waals surface area contributed by atoms with Crippen molar-refractivity contribution >= 4 is 21.5 Å². The number of fused-ring (bicyclic) bond motifs is 2. The largest absolute Gasteiger partial charge is 0.398 e. The molecule has 0 radical (unpaired) electrons. The van der Waals surface area contributed by atoms with E-state index < -0.39 is 10.1 Å². The van der Waals surface area contributed by atoms with Gasteiger partial charge in [-0.1, -0.05) is 24.3 Å². The van der Waals surface area contributed by atoms with Gasteiger partial charge in [-0.3, -0.25) is 4.55 Å². The van der Waals surface area contributed by atoms with E-state index >= 15 is 0 Å². The Bertz CT molecular complexity index is 813. The van der Waals surface area contributed by atoms with Crippen LogP contribution in [0.25, 0.3) is 0 Å². The average Bonchev–Trinajstić information content (AvgIpc) is 2.40. The van der Waals surface area contributed by atoms with E-state index in [0.717, 1.165) is 16.7 Å². The molecule has 3 rings (SSSR count). The van der Waals surface area contributed by atoms with E-state index in [4.69, 9.17) is 11.5 Å². The molecule has 0 saturated carbocycles. The van der Waals surface area contributed by atoms with E-state index in [2.05, 4.69) is 0 Å². The molecule has 6 heteroatoms. The minimum absolute atomic E-state index is 0.0891. The number of nitrogens with two attached hydrogens (primary N) is 2. The van der Waals surface area contributed by atoms with Crippen molar-refractivity contribution in [3.8, 4) is 0 Å². The number of anilines is 2. The van der Waals surface area contributed by atoms with Gasteiger partial charge in [-0.25, -0.2) is 0 Å². The summed E-state index contributed by atoms with van der Waals surface area (Å²) in [6, 6.07) is 9.11. The van der Waals surface area contributed by atoms with E-state index in [9.17, 15) is 13.0 Å². The van der Waals surface area contributed by atoms with Gasteiger partial charge in [0.1, 0.15) is 4.90 Å². The van der Waals surface area contributed by atoms with Crippen LogP contribution in [0.4, 0.5) is 11.4 Å². The quantitative estimate of drug-likeness (QED) is 0.466. The first-order valence-corrected chi connectivity index (χ1v) is 7.56. The maximum Gasteiger partial charge on any atom is 0.296 e. The fraction of sp³-hybridized carbons (Fsp3) is 0.143.